The lowest BCUT2D eigenvalue weighted by molar-refractivity contribution is 1.47. The van der Waals surface area contributed by atoms with E-state index in [1.165, 1.54) is 4.90 Å². The molecule has 0 aliphatic heterocycles. The van der Waals surface area contributed by atoms with Gasteiger partial charge in [0.05, 0.1) is 0 Å². The van der Waals surface area contributed by atoms with Crippen molar-refractivity contribution in [1.29, 1.82) is 0 Å². The zero-order valence-corrected chi connectivity index (χ0v) is 8.60. The van der Waals surface area contributed by atoms with E-state index in [-0.39, 0.29) is 0 Å². The van der Waals surface area contributed by atoms with E-state index in [2.05, 4.69) is 12.3 Å². The Bertz CT molecular complexity index is 225. The maximum absolute atomic E-state index is 5.80. The van der Waals surface area contributed by atoms with E-state index in [9.17, 15) is 0 Å². The summed E-state index contributed by atoms with van der Waals surface area (Å²) < 4.78 is 0. The second-order valence-electron chi connectivity index (χ2n) is 2.01. The van der Waals surface area contributed by atoms with Gasteiger partial charge < -0.3 is 0 Å². The molecule has 0 spiro atoms. The largest absolute Gasteiger partial charge is 0.154 e. The van der Waals surface area contributed by atoms with Crippen molar-refractivity contribution in [3.8, 4) is 0 Å². The van der Waals surface area contributed by atoms with Crippen LogP contribution >= 0.6 is 35.1 Å². The van der Waals surface area contributed by atoms with Gasteiger partial charge in [0.25, 0.3) is 0 Å². The van der Waals surface area contributed by atoms with Crippen LogP contribution in [0.3, 0.4) is 0 Å². The fraction of sp³-hybridized carbons (Fsp3) is 0.250. The number of benzene rings is 1. The van der Waals surface area contributed by atoms with Gasteiger partial charge in [0.2, 0.25) is 0 Å². The molecule has 0 unspecified atom stereocenters. The fourth-order valence-electron chi connectivity index (χ4n) is 0.684. The highest BCUT2D eigenvalue weighted by molar-refractivity contribution is 8.15. The number of hydrogen-bond donors (Lipinski definition) is 0. The Morgan fingerprint density at radius 2 is 2.27 bits per heavy atom. The van der Waals surface area contributed by atoms with Crippen LogP contribution in [-0.4, -0.2) is 11.3 Å². The first-order valence-corrected chi connectivity index (χ1v) is 5.96. The van der Waals surface area contributed by atoms with Crippen LogP contribution in [0.1, 0.15) is 0 Å². The molecule has 11 heavy (non-hydrogen) atoms. The zero-order valence-electron chi connectivity index (χ0n) is 6.21. The van der Waals surface area contributed by atoms with Crippen LogP contribution in [-0.2, 0) is 0 Å². The van der Waals surface area contributed by atoms with E-state index in [1.54, 1.807) is 0 Å². The summed E-state index contributed by atoms with van der Waals surface area (Å²) in [6.07, 6.45) is 2.09. The monoisotopic (exact) mass is 204 g/mol. The van der Waals surface area contributed by atoms with Crippen LogP contribution in [0.15, 0.2) is 29.2 Å². The second-order valence-corrected chi connectivity index (χ2v) is 4.72. The molecule has 1 aromatic carbocycles. The first kappa shape index (κ1) is 9.30. The standard InChI is InChI=1S/C8H9ClS2/c1-10-6-11-8-4-2-3-7(9)5-8/h2-5H,6H2,1H3. The lowest BCUT2D eigenvalue weighted by atomic mass is 10.4. The highest BCUT2D eigenvalue weighted by Gasteiger charge is 1.92. The Kier molecular flexibility index (Phi) is 4.20. The maximum Gasteiger partial charge on any atom is 0.0436 e. The third kappa shape index (κ3) is 3.41. The van der Waals surface area contributed by atoms with E-state index < -0.39 is 0 Å². The Labute approximate surface area is 80.7 Å². The van der Waals surface area contributed by atoms with Crippen molar-refractivity contribution >= 4 is 35.1 Å². The Morgan fingerprint density at radius 1 is 1.45 bits per heavy atom. The van der Waals surface area contributed by atoms with Crippen molar-refractivity contribution in [2.75, 3.05) is 11.3 Å². The molecule has 0 N–H and O–H groups in total. The highest BCUT2D eigenvalue weighted by atomic mass is 35.5. The van der Waals surface area contributed by atoms with Crippen molar-refractivity contribution in [2.45, 2.75) is 4.90 Å². The van der Waals surface area contributed by atoms with Gasteiger partial charge >= 0.3 is 0 Å². The zero-order chi connectivity index (χ0) is 8.10. The second kappa shape index (κ2) is 4.96. The van der Waals surface area contributed by atoms with Gasteiger partial charge in [0.15, 0.2) is 0 Å². The predicted octanol–water partition coefficient (Wildman–Crippen LogP) is 3.75. The van der Waals surface area contributed by atoms with Crippen LogP contribution in [0.5, 0.6) is 0 Å². The lowest BCUT2D eigenvalue weighted by Crippen LogP contribution is -1.71. The summed E-state index contributed by atoms with van der Waals surface area (Å²) in [5, 5.41) is 1.90. The molecule has 0 heterocycles. The molecule has 0 aliphatic rings. The normalized spacial score (nSPS) is 10.0. The Balaban J connectivity index is 2.56. The predicted molar refractivity (Wildman–Crippen MR) is 55.7 cm³/mol. The topological polar surface area (TPSA) is 0 Å². The molecule has 0 bridgehead atoms. The van der Waals surface area contributed by atoms with E-state index in [4.69, 9.17) is 11.6 Å². The molecule has 1 aromatic rings. The van der Waals surface area contributed by atoms with Crippen molar-refractivity contribution in [1.82, 2.24) is 0 Å². The average Bonchev–Trinajstić information content (AvgIpc) is 2.01. The molecule has 0 aliphatic carbocycles. The third-order valence-electron chi connectivity index (χ3n) is 1.14. The maximum atomic E-state index is 5.80. The molecule has 0 radical (unpaired) electrons. The number of halogens is 1. The molecule has 0 aromatic heterocycles. The third-order valence-corrected chi connectivity index (χ3v) is 3.38. The summed E-state index contributed by atoms with van der Waals surface area (Å²) in [7, 11) is 0. The summed E-state index contributed by atoms with van der Waals surface area (Å²) in [5.74, 6) is 0. The molecule has 3 heteroatoms. The van der Waals surface area contributed by atoms with Crippen molar-refractivity contribution in [3.63, 3.8) is 0 Å². The molecule has 0 atom stereocenters. The van der Waals surface area contributed by atoms with Gasteiger partial charge in [-0.05, 0) is 24.5 Å². The van der Waals surface area contributed by atoms with Crippen LogP contribution in [0.4, 0.5) is 0 Å². The van der Waals surface area contributed by atoms with Gasteiger partial charge in [0.1, 0.15) is 0 Å². The minimum absolute atomic E-state index is 0.816. The van der Waals surface area contributed by atoms with Gasteiger partial charge in [-0.1, -0.05) is 17.7 Å². The van der Waals surface area contributed by atoms with Crippen molar-refractivity contribution in [3.05, 3.63) is 29.3 Å². The molecule has 0 saturated carbocycles. The highest BCUT2D eigenvalue weighted by Crippen LogP contribution is 2.23. The van der Waals surface area contributed by atoms with Gasteiger partial charge in [-0.2, -0.15) is 11.8 Å². The molecule has 60 valence electrons. The van der Waals surface area contributed by atoms with E-state index in [0.717, 1.165) is 10.1 Å². The van der Waals surface area contributed by atoms with Gasteiger partial charge in [-0.15, -0.1) is 11.8 Å². The molecule has 0 saturated heterocycles. The van der Waals surface area contributed by atoms with E-state index in [1.807, 2.05) is 41.7 Å². The molecule has 0 nitrogen and oxygen atoms in total. The number of hydrogen-bond acceptors (Lipinski definition) is 2. The quantitative estimate of drug-likeness (QED) is 0.543. The fourth-order valence-corrected chi connectivity index (χ4v) is 2.34. The van der Waals surface area contributed by atoms with Crippen LogP contribution in [0.2, 0.25) is 5.02 Å². The SMILES string of the molecule is CSCSc1cccc(Cl)c1. The molecular weight excluding hydrogens is 196 g/mol. The summed E-state index contributed by atoms with van der Waals surface area (Å²) in [6, 6.07) is 7.94. The van der Waals surface area contributed by atoms with Crippen LogP contribution < -0.4 is 0 Å². The number of thioether (sulfide) groups is 2. The van der Waals surface area contributed by atoms with Gasteiger partial charge in [-0.3, -0.25) is 0 Å². The summed E-state index contributed by atoms with van der Waals surface area (Å²) >= 11 is 9.44. The number of rotatable bonds is 3. The van der Waals surface area contributed by atoms with Gasteiger partial charge in [0, 0.05) is 15.0 Å². The van der Waals surface area contributed by atoms with Crippen LogP contribution in [0.25, 0.3) is 0 Å². The first-order valence-electron chi connectivity index (χ1n) is 3.20. The molecular formula is C8H9ClS2. The molecule has 0 amide bonds. The van der Waals surface area contributed by atoms with Crippen molar-refractivity contribution < 1.29 is 0 Å². The molecule has 1 rings (SSSR count). The summed E-state index contributed by atoms with van der Waals surface area (Å²) in [6.45, 7) is 0. The van der Waals surface area contributed by atoms with E-state index in [0.29, 0.717) is 0 Å². The average molecular weight is 205 g/mol. The minimum Gasteiger partial charge on any atom is -0.154 e. The minimum atomic E-state index is 0.816. The Morgan fingerprint density at radius 3 is 2.91 bits per heavy atom. The lowest BCUT2D eigenvalue weighted by Gasteiger charge is -1.98. The van der Waals surface area contributed by atoms with Crippen LogP contribution in [0, 0.1) is 0 Å². The Hall–Kier alpha value is 0.210. The summed E-state index contributed by atoms with van der Waals surface area (Å²) in [4.78, 5) is 1.24. The summed E-state index contributed by atoms with van der Waals surface area (Å²) in [5.41, 5.74) is 0. The smallest absolute Gasteiger partial charge is 0.0436 e. The molecule has 0 fully saturated rings. The van der Waals surface area contributed by atoms with E-state index >= 15 is 0 Å². The van der Waals surface area contributed by atoms with Gasteiger partial charge in [-0.25, -0.2) is 0 Å². The van der Waals surface area contributed by atoms with Crippen molar-refractivity contribution in [2.24, 2.45) is 0 Å². The first-order chi connectivity index (χ1) is 5.33.